The molecule has 0 atom stereocenters. The first kappa shape index (κ1) is 21.6. The number of hydrogen-bond donors (Lipinski definition) is 1. The SMILES string of the molecule is CN=C(NCc1cccnc1N1CCOCC1)N1CCSC(C)(C)C1.I. The number of aliphatic imine (C=N–C) groups is 1. The van der Waals surface area contributed by atoms with Gasteiger partial charge < -0.3 is 19.9 Å². The monoisotopic (exact) mass is 491 g/mol. The van der Waals surface area contributed by atoms with Gasteiger partial charge in [0.1, 0.15) is 5.82 Å². The van der Waals surface area contributed by atoms with Gasteiger partial charge in [-0.3, -0.25) is 4.99 Å². The van der Waals surface area contributed by atoms with Gasteiger partial charge in [-0.1, -0.05) is 6.07 Å². The fourth-order valence-corrected chi connectivity index (χ4v) is 4.44. The lowest BCUT2D eigenvalue weighted by Gasteiger charge is -2.39. The van der Waals surface area contributed by atoms with Crippen molar-refractivity contribution in [1.82, 2.24) is 15.2 Å². The second kappa shape index (κ2) is 9.98. The molecule has 8 heteroatoms. The van der Waals surface area contributed by atoms with Gasteiger partial charge in [-0.25, -0.2) is 4.98 Å². The third kappa shape index (κ3) is 5.63. The lowest BCUT2D eigenvalue weighted by Crippen LogP contribution is -2.50. The number of hydrogen-bond acceptors (Lipinski definition) is 5. The van der Waals surface area contributed by atoms with Gasteiger partial charge in [-0.2, -0.15) is 11.8 Å². The van der Waals surface area contributed by atoms with Crippen LogP contribution in [-0.4, -0.2) is 72.8 Å². The predicted octanol–water partition coefficient (Wildman–Crippen LogP) is 2.44. The van der Waals surface area contributed by atoms with Crippen LogP contribution < -0.4 is 10.2 Å². The molecule has 0 spiro atoms. The van der Waals surface area contributed by atoms with Gasteiger partial charge in [0.25, 0.3) is 0 Å². The van der Waals surface area contributed by atoms with Gasteiger partial charge >= 0.3 is 0 Å². The summed E-state index contributed by atoms with van der Waals surface area (Å²) >= 11 is 2.03. The maximum atomic E-state index is 5.46. The van der Waals surface area contributed by atoms with E-state index in [9.17, 15) is 0 Å². The van der Waals surface area contributed by atoms with E-state index in [1.54, 1.807) is 0 Å². The Labute approximate surface area is 178 Å². The zero-order valence-electron chi connectivity index (χ0n) is 15.9. The fraction of sp³-hybridized carbons (Fsp3) is 0.667. The van der Waals surface area contributed by atoms with Crippen LogP contribution >= 0.6 is 35.7 Å². The van der Waals surface area contributed by atoms with Crippen molar-refractivity contribution < 1.29 is 4.74 Å². The first-order valence-electron chi connectivity index (χ1n) is 8.95. The van der Waals surface area contributed by atoms with Gasteiger partial charge in [0.15, 0.2) is 5.96 Å². The minimum absolute atomic E-state index is 0. The Kier molecular flexibility index (Phi) is 8.28. The molecule has 146 valence electrons. The van der Waals surface area contributed by atoms with Crippen molar-refractivity contribution in [2.24, 2.45) is 4.99 Å². The number of aromatic nitrogens is 1. The number of nitrogens with one attached hydrogen (secondary N) is 1. The van der Waals surface area contributed by atoms with Crippen LogP contribution in [0.4, 0.5) is 5.82 Å². The number of thioether (sulfide) groups is 1. The van der Waals surface area contributed by atoms with Crippen molar-refractivity contribution >= 4 is 47.5 Å². The zero-order chi connectivity index (χ0) is 17.7. The van der Waals surface area contributed by atoms with Crippen molar-refractivity contribution in [2.75, 3.05) is 57.1 Å². The molecular weight excluding hydrogens is 461 g/mol. The van der Waals surface area contributed by atoms with E-state index >= 15 is 0 Å². The molecule has 1 aromatic rings. The van der Waals surface area contributed by atoms with Crippen molar-refractivity contribution in [2.45, 2.75) is 25.1 Å². The van der Waals surface area contributed by atoms with Crippen LogP contribution in [0, 0.1) is 0 Å². The van der Waals surface area contributed by atoms with Crippen molar-refractivity contribution in [3.8, 4) is 0 Å². The number of guanidine groups is 1. The highest BCUT2D eigenvalue weighted by atomic mass is 127. The summed E-state index contributed by atoms with van der Waals surface area (Å²) in [4.78, 5) is 13.8. The summed E-state index contributed by atoms with van der Waals surface area (Å²) in [5.74, 6) is 3.17. The molecule has 2 aliphatic heterocycles. The van der Waals surface area contributed by atoms with E-state index < -0.39 is 0 Å². The number of rotatable bonds is 3. The van der Waals surface area contributed by atoms with Gasteiger partial charge in [0, 0.05) is 62.0 Å². The van der Waals surface area contributed by atoms with E-state index in [0.29, 0.717) is 0 Å². The first-order valence-corrected chi connectivity index (χ1v) is 9.94. The average Bonchev–Trinajstić information content (AvgIpc) is 2.62. The third-order valence-corrected chi connectivity index (χ3v) is 5.85. The summed E-state index contributed by atoms with van der Waals surface area (Å²) in [6.07, 6.45) is 1.87. The van der Waals surface area contributed by atoms with Crippen LogP contribution in [0.3, 0.4) is 0 Å². The van der Waals surface area contributed by atoms with Gasteiger partial charge in [0.2, 0.25) is 0 Å². The fourth-order valence-electron chi connectivity index (χ4n) is 3.33. The number of ether oxygens (including phenoxy) is 1. The predicted molar refractivity (Wildman–Crippen MR) is 121 cm³/mol. The lowest BCUT2D eigenvalue weighted by molar-refractivity contribution is 0.122. The smallest absolute Gasteiger partial charge is 0.193 e. The lowest BCUT2D eigenvalue weighted by atomic mass is 10.2. The molecule has 0 bridgehead atoms. The summed E-state index contributed by atoms with van der Waals surface area (Å²) < 4.78 is 5.73. The summed E-state index contributed by atoms with van der Waals surface area (Å²) in [6.45, 7) is 10.7. The van der Waals surface area contributed by atoms with E-state index in [1.165, 1.54) is 5.56 Å². The normalized spacial score (nSPS) is 20.5. The topological polar surface area (TPSA) is 53.0 Å². The molecule has 3 rings (SSSR count). The molecule has 2 aliphatic rings. The minimum atomic E-state index is 0. The molecule has 1 aromatic heterocycles. The largest absolute Gasteiger partial charge is 0.378 e. The van der Waals surface area contributed by atoms with Crippen LogP contribution in [-0.2, 0) is 11.3 Å². The molecule has 2 fully saturated rings. The van der Waals surface area contributed by atoms with Crippen LogP contribution in [0.25, 0.3) is 0 Å². The summed E-state index contributed by atoms with van der Waals surface area (Å²) in [7, 11) is 1.86. The first-order chi connectivity index (χ1) is 12.1. The van der Waals surface area contributed by atoms with Gasteiger partial charge in [-0.15, -0.1) is 24.0 Å². The van der Waals surface area contributed by atoms with E-state index in [-0.39, 0.29) is 28.7 Å². The highest BCUT2D eigenvalue weighted by Gasteiger charge is 2.28. The highest BCUT2D eigenvalue weighted by Crippen LogP contribution is 2.29. The molecule has 6 nitrogen and oxygen atoms in total. The van der Waals surface area contributed by atoms with E-state index in [2.05, 4.69) is 45.0 Å². The molecule has 26 heavy (non-hydrogen) atoms. The quantitative estimate of drug-likeness (QED) is 0.399. The van der Waals surface area contributed by atoms with Crippen LogP contribution in [0.15, 0.2) is 23.3 Å². The summed E-state index contributed by atoms with van der Waals surface area (Å²) in [6, 6.07) is 4.15. The third-order valence-electron chi connectivity index (χ3n) is 4.55. The Morgan fingerprint density at radius 1 is 1.35 bits per heavy atom. The maximum Gasteiger partial charge on any atom is 0.193 e. The number of nitrogens with zero attached hydrogens (tertiary/aromatic N) is 4. The number of morpholine rings is 1. The second-order valence-corrected chi connectivity index (χ2v) is 8.82. The van der Waals surface area contributed by atoms with E-state index in [4.69, 9.17) is 4.74 Å². The summed E-state index contributed by atoms with van der Waals surface area (Å²) in [5.41, 5.74) is 1.20. The Balaban J connectivity index is 0.00000243. The molecule has 0 aliphatic carbocycles. The van der Waals surface area contributed by atoms with E-state index in [0.717, 1.165) is 63.5 Å². The number of anilines is 1. The van der Waals surface area contributed by atoms with Gasteiger partial charge in [-0.05, 0) is 19.9 Å². The zero-order valence-corrected chi connectivity index (χ0v) is 19.0. The molecule has 0 aromatic carbocycles. The van der Waals surface area contributed by atoms with Crippen LogP contribution in [0.5, 0.6) is 0 Å². The highest BCUT2D eigenvalue weighted by molar-refractivity contribution is 14.0. The molecule has 0 radical (unpaired) electrons. The van der Waals surface area contributed by atoms with Crippen LogP contribution in [0.2, 0.25) is 0 Å². The van der Waals surface area contributed by atoms with Crippen molar-refractivity contribution in [3.63, 3.8) is 0 Å². The Morgan fingerprint density at radius 2 is 2.12 bits per heavy atom. The molecule has 3 heterocycles. The Bertz CT molecular complexity index is 607. The number of pyridine rings is 1. The standard InChI is InChI=1S/C18H29N5OS.HI/c1-18(2)14-23(9-12-25-18)17(19-3)21-13-15-5-4-6-20-16(15)22-7-10-24-11-8-22;/h4-6H,7-14H2,1-3H3,(H,19,21);1H. The average molecular weight is 491 g/mol. The maximum absolute atomic E-state index is 5.46. The minimum Gasteiger partial charge on any atom is -0.378 e. The second-order valence-electron chi connectivity index (χ2n) is 7.02. The molecule has 2 saturated heterocycles. The van der Waals surface area contributed by atoms with Crippen molar-refractivity contribution in [3.05, 3.63) is 23.9 Å². The molecule has 0 saturated carbocycles. The molecule has 0 unspecified atom stereocenters. The summed E-state index contributed by atoms with van der Waals surface area (Å²) in [5, 5.41) is 3.54. The van der Waals surface area contributed by atoms with Gasteiger partial charge in [0.05, 0.1) is 13.2 Å². The number of halogens is 1. The molecule has 1 N–H and O–H groups in total. The molecular formula is C18H30IN5OS. The van der Waals surface area contributed by atoms with Crippen LogP contribution in [0.1, 0.15) is 19.4 Å². The van der Waals surface area contributed by atoms with Crippen molar-refractivity contribution in [1.29, 1.82) is 0 Å². The Morgan fingerprint density at radius 3 is 2.81 bits per heavy atom. The molecule has 0 amide bonds. The van der Waals surface area contributed by atoms with E-state index in [1.807, 2.05) is 31.1 Å². The Hall–Kier alpha value is -0.740.